The van der Waals surface area contributed by atoms with E-state index < -0.39 is 0 Å². The molecule has 0 amide bonds. The van der Waals surface area contributed by atoms with E-state index in [1.807, 2.05) is 18.2 Å². The first-order valence-electron chi connectivity index (χ1n) is 9.12. The summed E-state index contributed by atoms with van der Waals surface area (Å²) in [4.78, 5) is 4.62. The second-order valence-electron chi connectivity index (χ2n) is 6.13. The number of nitrogens with one attached hydrogen (secondary N) is 2. The Kier molecular flexibility index (Phi) is 12.4. The summed E-state index contributed by atoms with van der Waals surface area (Å²) in [5.74, 6) is 2.26. The number of nitrogens with zero attached hydrogens (tertiary/aromatic N) is 1. The van der Waals surface area contributed by atoms with E-state index >= 15 is 0 Å². The summed E-state index contributed by atoms with van der Waals surface area (Å²) in [5.41, 5.74) is 1.12. The molecule has 0 radical (unpaired) electrons. The number of hydrogen-bond donors (Lipinski definition) is 2. The van der Waals surface area contributed by atoms with E-state index in [0.29, 0.717) is 12.5 Å². The van der Waals surface area contributed by atoms with Crippen molar-refractivity contribution in [3.8, 4) is 5.75 Å². The zero-order valence-corrected chi connectivity index (χ0v) is 18.2. The van der Waals surface area contributed by atoms with Gasteiger partial charge in [0.15, 0.2) is 5.96 Å². The van der Waals surface area contributed by atoms with Crippen molar-refractivity contribution in [3.63, 3.8) is 0 Å². The van der Waals surface area contributed by atoms with Gasteiger partial charge in [-0.2, -0.15) is 0 Å². The molecule has 1 heterocycles. The number of guanidine groups is 1. The Labute approximate surface area is 174 Å². The Balaban J connectivity index is 0.00000338. The fraction of sp³-hybridized carbons (Fsp3) is 0.632. The Morgan fingerprint density at radius 1 is 1.35 bits per heavy atom. The number of methoxy groups -OCH3 is 1. The van der Waals surface area contributed by atoms with E-state index in [4.69, 9.17) is 14.2 Å². The van der Waals surface area contributed by atoms with Crippen LogP contribution in [0.2, 0.25) is 0 Å². The van der Waals surface area contributed by atoms with Gasteiger partial charge in [-0.1, -0.05) is 12.1 Å². The molecule has 0 saturated carbocycles. The van der Waals surface area contributed by atoms with Crippen molar-refractivity contribution in [1.82, 2.24) is 10.6 Å². The first-order valence-corrected chi connectivity index (χ1v) is 9.12. The molecule has 26 heavy (non-hydrogen) atoms. The molecule has 0 aliphatic carbocycles. The summed E-state index contributed by atoms with van der Waals surface area (Å²) in [6, 6.07) is 7.98. The molecule has 1 aliphatic heterocycles. The third-order valence-electron chi connectivity index (χ3n) is 4.03. The highest BCUT2D eigenvalue weighted by Gasteiger charge is 2.15. The lowest BCUT2D eigenvalue weighted by Crippen LogP contribution is -2.38. The van der Waals surface area contributed by atoms with Crippen LogP contribution in [0.5, 0.6) is 5.75 Å². The molecule has 2 rings (SSSR count). The van der Waals surface area contributed by atoms with Crippen LogP contribution in [-0.2, 0) is 16.0 Å². The standard InChI is InChI=1S/C19H31N3O3.HI/c1-3-20-19(22-13-16-6-4-7-18(12-16)23-2)21-9-5-10-24-14-17-8-11-25-15-17;/h4,6-7,12,17H,3,5,8-11,13-15H2,1-2H3,(H2,20,21,22);1H. The molecule has 1 unspecified atom stereocenters. The molecule has 1 atom stereocenters. The SMILES string of the molecule is CCNC(=NCc1cccc(OC)c1)NCCCOCC1CCOC1.I. The summed E-state index contributed by atoms with van der Waals surface area (Å²) < 4.78 is 16.3. The first-order chi connectivity index (χ1) is 12.3. The monoisotopic (exact) mass is 477 g/mol. The van der Waals surface area contributed by atoms with E-state index in [1.165, 1.54) is 0 Å². The molecular formula is C19H32IN3O3. The second-order valence-corrected chi connectivity index (χ2v) is 6.13. The number of hydrogen-bond acceptors (Lipinski definition) is 4. The molecule has 1 saturated heterocycles. The van der Waals surface area contributed by atoms with Crippen LogP contribution in [-0.4, -0.2) is 52.6 Å². The smallest absolute Gasteiger partial charge is 0.191 e. The minimum absolute atomic E-state index is 0. The average Bonchev–Trinajstić information content (AvgIpc) is 3.16. The highest BCUT2D eigenvalue weighted by atomic mass is 127. The maximum Gasteiger partial charge on any atom is 0.191 e. The van der Waals surface area contributed by atoms with Gasteiger partial charge in [0.2, 0.25) is 0 Å². The maximum atomic E-state index is 5.72. The minimum Gasteiger partial charge on any atom is -0.497 e. The Bertz CT molecular complexity index is 523. The summed E-state index contributed by atoms with van der Waals surface area (Å²) in [7, 11) is 1.68. The van der Waals surface area contributed by atoms with Crippen molar-refractivity contribution in [3.05, 3.63) is 29.8 Å². The van der Waals surface area contributed by atoms with Crippen molar-refractivity contribution >= 4 is 29.9 Å². The fourth-order valence-electron chi connectivity index (χ4n) is 2.63. The third kappa shape index (κ3) is 9.05. The van der Waals surface area contributed by atoms with Gasteiger partial charge in [-0.05, 0) is 37.5 Å². The fourth-order valence-corrected chi connectivity index (χ4v) is 2.63. The molecule has 0 aromatic heterocycles. The van der Waals surface area contributed by atoms with E-state index in [9.17, 15) is 0 Å². The molecule has 7 heteroatoms. The lowest BCUT2D eigenvalue weighted by molar-refractivity contribution is 0.0888. The highest BCUT2D eigenvalue weighted by Crippen LogP contribution is 2.13. The maximum absolute atomic E-state index is 5.72. The molecular weight excluding hydrogens is 445 g/mol. The quantitative estimate of drug-likeness (QED) is 0.235. The van der Waals surface area contributed by atoms with Crippen LogP contribution in [0.25, 0.3) is 0 Å². The molecule has 0 bridgehead atoms. The van der Waals surface area contributed by atoms with Gasteiger partial charge < -0.3 is 24.8 Å². The molecule has 0 spiro atoms. The van der Waals surface area contributed by atoms with Crippen molar-refractivity contribution < 1.29 is 14.2 Å². The number of aliphatic imine (C=N–C) groups is 1. The van der Waals surface area contributed by atoms with Crippen molar-refractivity contribution in [2.24, 2.45) is 10.9 Å². The van der Waals surface area contributed by atoms with Crippen LogP contribution in [0.1, 0.15) is 25.3 Å². The molecule has 148 valence electrons. The van der Waals surface area contributed by atoms with Gasteiger partial charge >= 0.3 is 0 Å². The summed E-state index contributed by atoms with van der Waals surface area (Å²) in [6.07, 6.45) is 2.08. The number of ether oxygens (including phenoxy) is 3. The van der Waals surface area contributed by atoms with Gasteiger partial charge in [0.1, 0.15) is 5.75 Å². The normalized spacial score (nSPS) is 16.8. The van der Waals surface area contributed by atoms with Gasteiger partial charge in [-0.3, -0.25) is 0 Å². The van der Waals surface area contributed by atoms with E-state index in [1.54, 1.807) is 7.11 Å². The van der Waals surface area contributed by atoms with Crippen LogP contribution in [0.3, 0.4) is 0 Å². The van der Waals surface area contributed by atoms with Gasteiger partial charge in [0.25, 0.3) is 0 Å². The van der Waals surface area contributed by atoms with Gasteiger partial charge in [0.05, 0.1) is 26.9 Å². The van der Waals surface area contributed by atoms with Crippen LogP contribution in [0.4, 0.5) is 0 Å². The van der Waals surface area contributed by atoms with Crippen LogP contribution < -0.4 is 15.4 Å². The number of benzene rings is 1. The van der Waals surface area contributed by atoms with Crippen molar-refractivity contribution in [2.45, 2.75) is 26.3 Å². The summed E-state index contributed by atoms with van der Waals surface area (Å²) in [6.45, 7) is 7.65. The summed E-state index contributed by atoms with van der Waals surface area (Å²) >= 11 is 0. The van der Waals surface area contributed by atoms with E-state index in [2.05, 4.69) is 28.6 Å². The predicted molar refractivity (Wildman–Crippen MR) is 116 cm³/mol. The largest absolute Gasteiger partial charge is 0.497 e. The lowest BCUT2D eigenvalue weighted by atomic mass is 10.1. The number of halogens is 1. The van der Waals surface area contributed by atoms with E-state index in [-0.39, 0.29) is 24.0 Å². The molecule has 1 aromatic carbocycles. The zero-order chi connectivity index (χ0) is 17.7. The molecule has 1 aromatic rings. The molecule has 2 N–H and O–H groups in total. The van der Waals surface area contributed by atoms with Gasteiger partial charge in [-0.15, -0.1) is 24.0 Å². The minimum atomic E-state index is 0. The van der Waals surface area contributed by atoms with Gasteiger partial charge in [0, 0.05) is 32.2 Å². The Hall–Kier alpha value is -1.06. The van der Waals surface area contributed by atoms with Crippen LogP contribution in [0.15, 0.2) is 29.3 Å². The third-order valence-corrected chi connectivity index (χ3v) is 4.03. The number of rotatable bonds is 10. The molecule has 1 fully saturated rings. The Morgan fingerprint density at radius 2 is 2.23 bits per heavy atom. The predicted octanol–water partition coefficient (Wildman–Crippen LogP) is 2.81. The average molecular weight is 477 g/mol. The van der Waals surface area contributed by atoms with Crippen molar-refractivity contribution in [2.75, 3.05) is 46.6 Å². The van der Waals surface area contributed by atoms with Crippen LogP contribution >= 0.6 is 24.0 Å². The lowest BCUT2D eigenvalue weighted by Gasteiger charge is -2.12. The molecule has 6 nitrogen and oxygen atoms in total. The summed E-state index contributed by atoms with van der Waals surface area (Å²) in [5, 5.41) is 6.62. The highest BCUT2D eigenvalue weighted by molar-refractivity contribution is 14.0. The first kappa shape index (κ1) is 23.0. The second kappa shape index (κ2) is 14.1. The topological polar surface area (TPSA) is 64.1 Å². The van der Waals surface area contributed by atoms with Crippen molar-refractivity contribution in [1.29, 1.82) is 0 Å². The van der Waals surface area contributed by atoms with Crippen LogP contribution in [0, 0.1) is 5.92 Å². The van der Waals surface area contributed by atoms with Gasteiger partial charge in [-0.25, -0.2) is 4.99 Å². The molecule has 1 aliphatic rings. The van der Waals surface area contributed by atoms with E-state index in [0.717, 1.165) is 69.6 Å². The zero-order valence-electron chi connectivity index (χ0n) is 15.8. The Morgan fingerprint density at radius 3 is 2.96 bits per heavy atom.